The summed E-state index contributed by atoms with van der Waals surface area (Å²) < 4.78 is 0. The van der Waals surface area contributed by atoms with Crippen molar-refractivity contribution in [3.05, 3.63) is 42.7 Å². The molecule has 0 aliphatic heterocycles. The van der Waals surface area contributed by atoms with E-state index in [0.717, 1.165) is 5.69 Å². The lowest BCUT2D eigenvalue weighted by molar-refractivity contribution is 0.410. The van der Waals surface area contributed by atoms with E-state index in [-0.39, 0.29) is 5.76 Å². The van der Waals surface area contributed by atoms with Crippen LogP contribution in [-0.4, -0.2) is 11.7 Å². The Bertz CT molecular complexity index is 231. The Morgan fingerprint density at radius 2 is 2.45 bits per heavy atom. The number of anilines is 1. The lowest BCUT2D eigenvalue weighted by Crippen LogP contribution is -2.02. The van der Waals surface area contributed by atoms with Crippen molar-refractivity contribution in [3.63, 3.8) is 0 Å². The van der Waals surface area contributed by atoms with Crippen molar-refractivity contribution in [2.24, 2.45) is 0 Å². The maximum Gasteiger partial charge on any atom is 0.104 e. The van der Waals surface area contributed by atoms with Crippen LogP contribution in [0.4, 0.5) is 5.69 Å². The highest BCUT2D eigenvalue weighted by Crippen LogP contribution is 2.03. The average Bonchev–Trinajstić information content (AvgIpc) is 2.03. The molecule has 0 bridgehead atoms. The van der Waals surface area contributed by atoms with Crippen molar-refractivity contribution in [1.29, 1.82) is 0 Å². The minimum atomic E-state index is 0.127. The molecule has 1 rings (SSSR count). The molecule has 57 valence electrons. The van der Waals surface area contributed by atoms with Crippen LogP contribution < -0.4 is 5.32 Å². The Morgan fingerprint density at radius 3 is 3.00 bits per heavy atom. The second-order valence-corrected chi connectivity index (χ2v) is 2.20. The molecule has 1 radical (unpaired) electrons. The van der Waals surface area contributed by atoms with E-state index < -0.39 is 0 Å². The van der Waals surface area contributed by atoms with Crippen LogP contribution in [-0.2, 0) is 0 Å². The largest absolute Gasteiger partial charge is 0.511 e. The van der Waals surface area contributed by atoms with Crippen LogP contribution in [0.3, 0.4) is 0 Å². The zero-order chi connectivity index (χ0) is 8.10. The predicted octanol–water partition coefficient (Wildman–Crippen LogP) is 1.97. The van der Waals surface area contributed by atoms with Gasteiger partial charge in [-0.15, -0.1) is 0 Å². The smallest absolute Gasteiger partial charge is 0.104 e. The monoisotopic (exact) mass is 148 g/mol. The number of benzene rings is 1. The van der Waals surface area contributed by atoms with Gasteiger partial charge in [-0.3, -0.25) is 0 Å². The molecule has 0 aromatic heterocycles. The quantitative estimate of drug-likeness (QED) is 0.642. The molecule has 2 nitrogen and oxygen atoms in total. The van der Waals surface area contributed by atoms with Gasteiger partial charge < -0.3 is 10.4 Å². The van der Waals surface area contributed by atoms with Crippen LogP contribution in [0, 0.1) is 6.07 Å². The van der Waals surface area contributed by atoms with E-state index in [9.17, 15) is 0 Å². The molecular formula is C9H10NO. The Kier molecular flexibility index (Phi) is 2.55. The molecule has 2 heteroatoms. The van der Waals surface area contributed by atoms with Crippen LogP contribution in [0.15, 0.2) is 36.6 Å². The Balaban J connectivity index is 2.45. The van der Waals surface area contributed by atoms with E-state index in [1.807, 2.05) is 24.3 Å². The summed E-state index contributed by atoms with van der Waals surface area (Å²) in [7, 11) is 0. The molecule has 11 heavy (non-hydrogen) atoms. The van der Waals surface area contributed by atoms with Crippen LogP contribution in [0.5, 0.6) is 0 Å². The van der Waals surface area contributed by atoms with Gasteiger partial charge in [0.2, 0.25) is 0 Å². The molecule has 0 spiro atoms. The highest BCUT2D eigenvalue weighted by atomic mass is 16.3. The van der Waals surface area contributed by atoms with E-state index in [0.29, 0.717) is 6.54 Å². The van der Waals surface area contributed by atoms with E-state index in [2.05, 4.69) is 18.0 Å². The Labute approximate surface area is 66.2 Å². The van der Waals surface area contributed by atoms with E-state index in [1.165, 1.54) is 0 Å². The third-order valence-corrected chi connectivity index (χ3v) is 1.19. The summed E-state index contributed by atoms with van der Waals surface area (Å²) in [6, 6.07) is 10.4. The van der Waals surface area contributed by atoms with Crippen LogP contribution in [0.2, 0.25) is 0 Å². The summed E-state index contributed by atoms with van der Waals surface area (Å²) in [5.41, 5.74) is 0.864. The topological polar surface area (TPSA) is 32.3 Å². The number of nitrogens with one attached hydrogen (secondary N) is 1. The van der Waals surface area contributed by atoms with E-state index >= 15 is 0 Å². The van der Waals surface area contributed by atoms with Crippen molar-refractivity contribution in [3.8, 4) is 0 Å². The first-order chi connectivity index (χ1) is 5.29. The van der Waals surface area contributed by atoms with Gasteiger partial charge in [-0.1, -0.05) is 24.8 Å². The summed E-state index contributed by atoms with van der Waals surface area (Å²) in [5.74, 6) is 0.127. The van der Waals surface area contributed by atoms with Gasteiger partial charge in [-0.2, -0.15) is 0 Å². The molecule has 0 unspecified atom stereocenters. The molecule has 1 aromatic carbocycles. The molecule has 0 amide bonds. The highest BCUT2D eigenvalue weighted by molar-refractivity contribution is 5.41. The fourth-order valence-electron chi connectivity index (χ4n) is 0.701. The summed E-state index contributed by atoms with van der Waals surface area (Å²) >= 11 is 0. The van der Waals surface area contributed by atoms with E-state index in [1.54, 1.807) is 0 Å². The van der Waals surface area contributed by atoms with Gasteiger partial charge in [0.15, 0.2) is 0 Å². The van der Waals surface area contributed by atoms with Gasteiger partial charge in [0.25, 0.3) is 0 Å². The summed E-state index contributed by atoms with van der Waals surface area (Å²) in [6.45, 7) is 3.72. The molecule has 1 aromatic rings. The van der Waals surface area contributed by atoms with Gasteiger partial charge in [0, 0.05) is 11.8 Å². The lowest BCUT2D eigenvalue weighted by Gasteiger charge is -2.02. The maximum absolute atomic E-state index is 8.74. The number of hydrogen-bond donors (Lipinski definition) is 2. The fraction of sp³-hybridized carbons (Fsp3) is 0.111. The SMILES string of the molecule is C=C(O)CNc1[c]cccc1. The fourth-order valence-corrected chi connectivity index (χ4v) is 0.701. The highest BCUT2D eigenvalue weighted by Gasteiger charge is 1.89. The van der Waals surface area contributed by atoms with Gasteiger partial charge in [-0.25, -0.2) is 0 Å². The third-order valence-electron chi connectivity index (χ3n) is 1.19. The first kappa shape index (κ1) is 7.66. The molecular weight excluding hydrogens is 138 g/mol. The number of rotatable bonds is 3. The van der Waals surface area contributed by atoms with Crippen molar-refractivity contribution in [2.75, 3.05) is 11.9 Å². The Hall–Kier alpha value is -1.44. The third kappa shape index (κ3) is 2.76. The molecule has 0 fully saturated rings. The molecule has 0 saturated carbocycles. The minimum Gasteiger partial charge on any atom is -0.511 e. The first-order valence-corrected chi connectivity index (χ1v) is 3.36. The van der Waals surface area contributed by atoms with Gasteiger partial charge in [0.1, 0.15) is 5.76 Å². The summed E-state index contributed by atoms with van der Waals surface area (Å²) in [5, 5.41) is 11.7. The average molecular weight is 148 g/mol. The second kappa shape index (κ2) is 3.66. The maximum atomic E-state index is 8.74. The van der Waals surface area contributed by atoms with Crippen molar-refractivity contribution >= 4 is 5.69 Å². The van der Waals surface area contributed by atoms with Crippen LogP contribution in [0.1, 0.15) is 0 Å². The van der Waals surface area contributed by atoms with Crippen LogP contribution in [0.25, 0.3) is 0 Å². The second-order valence-electron chi connectivity index (χ2n) is 2.20. The lowest BCUT2D eigenvalue weighted by atomic mass is 10.3. The molecule has 0 aliphatic rings. The summed E-state index contributed by atoms with van der Waals surface area (Å²) in [4.78, 5) is 0. The van der Waals surface area contributed by atoms with Gasteiger partial charge >= 0.3 is 0 Å². The van der Waals surface area contributed by atoms with Crippen molar-refractivity contribution in [2.45, 2.75) is 0 Å². The minimum absolute atomic E-state index is 0.127. The molecule has 0 aliphatic carbocycles. The van der Waals surface area contributed by atoms with E-state index in [4.69, 9.17) is 5.11 Å². The van der Waals surface area contributed by atoms with Gasteiger partial charge in [-0.05, 0) is 6.07 Å². The molecule has 0 saturated heterocycles. The van der Waals surface area contributed by atoms with Crippen molar-refractivity contribution < 1.29 is 5.11 Å². The van der Waals surface area contributed by atoms with Crippen molar-refractivity contribution in [1.82, 2.24) is 0 Å². The number of aliphatic hydroxyl groups is 1. The first-order valence-electron chi connectivity index (χ1n) is 3.36. The Morgan fingerprint density at radius 1 is 1.64 bits per heavy atom. The standard InChI is InChI=1S/C9H10NO/c1-8(11)7-10-9-5-3-2-4-6-9/h2-5,10-11H,1,7H2. The summed E-state index contributed by atoms with van der Waals surface area (Å²) in [6.07, 6.45) is 0. The number of aliphatic hydroxyl groups excluding tert-OH is 1. The number of hydrogen-bond acceptors (Lipinski definition) is 2. The predicted molar refractivity (Wildman–Crippen MR) is 45.5 cm³/mol. The molecule has 2 N–H and O–H groups in total. The number of para-hydroxylation sites is 1. The zero-order valence-electron chi connectivity index (χ0n) is 6.17. The normalized spacial score (nSPS) is 9.09. The van der Waals surface area contributed by atoms with Crippen LogP contribution >= 0.6 is 0 Å². The zero-order valence-corrected chi connectivity index (χ0v) is 6.17. The molecule has 0 heterocycles. The molecule has 0 atom stereocenters. The van der Waals surface area contributed by atoms with Gasteiger partial charge in [0.05, 0.1) is 6.54 Å².